The van der Waals surface area contributed by atoms with E-state index >= 15 is 0 Å². The summed E-state index contributed by atoms with van der Waals surface area (Å²) in [4.78, 5) is 31.6. The fraction of sp³-hybridized carbons (Fsp3) is 0.240. The van der Waals surface area contributed by atoms with Crippen molar-refractivity contribution in [2.75, 3.05) is 6.61 Å². The van der Waals surface area contributed by atoms with Crippen molar-refractivity contribution < 1.29 is 9.53 Å². The zero-order valence-electron chi connectivity index (χ0n) is 18.3. The maximum atomic E-state index is 13.5. The second kappa shape index (κ2) is 9.00. The first-order chi connectivity index (χ1) is 15.3. The number of fused-ring (bicyclic) bond motifs is 1. The van der Waals surface area contributed by atoms with Gasteiger partial charge in [0.25, 0.3) is 5.56 Å². The SMILES string of the molecule is CCOC(=O)C1=C(C)N=c2s/c(=C\c3ccc(C)c(Br)c3)c(=O)n2[C@H]1c1ccc(C)cc1. The van der Waals surface area contributed by atoms with Crippen LogP contribution < -0.4 is 14.9 Å². The average molecular weight is 511 g/mol. The van der Waals surface area contributed by atoms with Crippen LogP contribution in [0.3, 0.4) is 0 Å². The number of aryl methyl sites for hydroxylation is 2. The highest BCUT2D eigenvalue weighted by Gasteiger charge is 2.33. The number of allylic oxidation sites excluding steroid dienone is 1. The van der Waals surface area contributed by atoms with Crippen LogP contribution in [0.4, 0.5) is 0 Å². The Morgan fingerprint density at radius 3 is 2.56 bits per heavy atom. The normalized spacial score (nSPS) is 16.0. The minimum Gasteiger partial charge on any atom is -0.463 e. The van der Waals surface area contributed by atoms with Crippen LogP contribution >= 0.6 is 27.3 Å². The zero-order chi connectivity index (χ0) is 23.0. The number of benzene rings is 2. The van der Waals surface area contributed by atoms with Gasteiger partial charge in [0.2, 0.25) is 0 Å². The molecule has 1 atom stereocenters. The van der Waals surface area contributed by atoms with Gasteiger partial charge in [-0.1, -0.05) is 69.2 Å². The number of hydrogen-bond acceptors (Lipinski definition) is 5. The van der Waals surface area contributed by atoms with Gasteiger partial charge in [0, 0.05) is 4.47 Å². The Hall–Kier alpha value is -2.77. The summed E-state index contributed by atoms with van der Waals surface area (Å²) >= 11 is 4.88. The summed E-state index contributed by atoms with van der Waals surface area (Å²) in [5.41, 5.74) is 4.78. The number of esters is 1. The van der Waals surface area contributed by atoms with Crippen LogP contribution in [0.15, 0.2) is 68.0 Å². The average Bonchev–Trinajstić information content (AvgIpc) is 3.05. The van der Waals surface area contributed by atoms with Gasteiger partial charge in [-0.05, 0) is 56.5 Å². The Bertz CT molecular complexity index is 1410. The Balaban J connectivity index is 1.95. The lowest BCUT2D eigenvalue weighted by molar-refractivity contribution is -0.139. The summed E-state index contributed by atoms with van der Waals surface area (Å²) in [6.07, 6.45) is 1.86. The van der Waals surface area contributed by atoms with E-state index < -0.39 is 12.0 Å². The van der Waals surface area contributed by atoms with Gasteiger partial charge in [0.15, 0.2) is 4.80 Å². The third kappa shape index (κ3) is 4.14. The van der Waals surface area contributed by atoms with Crippen LogP contribution in [0.1, 0.15) is 42.1 Å². The number of carbonyl (C=O) groups is 1. The van der Waals surface area contributed by atoms with Gasteiger partial charge in [-0.3, -0.25) is 9.36 Å². The van der Waals surface area contributed by atoms with E-state index in [2.05, 4.69) is 20.9 Å². The van der Waals surface area contributed by atoms with Crippen molar-refractivity contribution in [3.05, 3.63) is 100 Å². The molecule has 1 aliphatic heterocycles. The molecule has 0 saturated heterocycles. The summed E-state index contributed by atoms with van der Waals surface area (Å²) in [7, 11) is 0. The molecule has 1 aliphatic rings. The predicted molar refractivity (Wildman–Crippen MR) is 130 cm³/mol. The van der Waals surface area contributed by atoms with Crippen molar-refractivity contribution in [1.29, 1.82) is 0 Å². The predicted octanol–water partition coefficient (Wildman–Crippen LogP) is 4.18. The highest BCUT2D eigenvalue weighted by atomic mass is 79.9. The Morgan fingerprint density at radius 1 is 1.19 bits per heavy atom. The van der Waals surface area contributed by atoms with E-state index in [4.69, 9.17) is 4.74 Å². The second-order valence-electron chi connectivity index (χ2n) is 7.72. The number of nitrogens with zero attached hydrogens (tertiary/aromatic N) is 2. The maximum Gasteiger partial charge on any atom is 0.338 e. The molecule has 0 saturated carbocycles. The van der Waals surface area contributed by atoms with Crippen LogP contribution in [0.2, 0.25) is 0 Å². The summed E-state index contributed by atoms with van der Waals surface area (Å²) in [5.74, 6) is -0.448. The molecule has 0 radical (unpaired) electrons. The third-order valence-electron chi connectivity index (χ3n) is 5.40. The van der Waals surface area contributed by atoms with Crippen molar-refractivity contribution in [3.63, 3.8) is 0 Å². The Kier molecular flexibility index (Phi) is 6.31. The van der Waals surface area contributed by atoms with Crippen molar-refractivity contribution >= 4 is 39.3 Å². The van der Waals surface area contributed by atoms with Crippen LogP contribution in [-0.2, 0) is 9.53 Å². The van der Waals surface area contributed by atoms with Crippen LogP contribution in [0.25, 0.3) is 6.08 Å². The molecule has 0 N–H and O–H groups in total. The van der Waals surface area contributed by atoms with E-state index in [9.17, 15) is 9.59 Å². The van der Waals surface area contributed by atoms with Gasteiger partial charge in [0.05, 0.1) is 28.5 Å². The molecule has 2 aromatic carbocycles. The van der Waals surface area contributed by atoms with Gasteiger partial charge in [-0.15, -0.1) is 0 Å². The van der Waals surface area contributed by atoms with Gasteiger partial charge >= 0.3 is 5.97 Å². The molecule has 3 aromatic rings. The third-order valence-corrected chi connectivity index (χ3v) is 7.24. The molecule has 1 aromatic heterocycles. The lowest BCUT2D eigenvalue weighted by Gasteiger charge is -2.24. The molecule has 7 heteroatoms. The highest BCUT2D eigenvalue weighted by Crippen LogP contribution is 2.30. The van der Waals surface area contributed by atoms with Crippen LogP contribution in [0, 0.1) is 13.8 Å². The molecule has 0 spiro atoms. The van der Waals surface area contributed by atoms with Crippen molar-refractivity contribution in [2.24, 2.45) is 4.99 Å². The quantitative estimate of drug-likeness (QED) is 0.494. The van der Waals surface area contributed by atoms with Gasteiger partial charge in [-0.2, -0.15) is 0 Å². The minimum absolute atomic E-state index is 0.176. The monoisotopic (exact) mass is 510 g/mol. The zero-order valence-corrected chi connectivity index (χ0v) is 20.7. The van der Waals surface area contributed by atoms with Crippen molar-refractivity contribution in [3.8, 4) is 0 Å². The van der Waals surface area contributed by atoms with E-state index in [1.807, 2.05) is 62.4 Å². The molecule has 0 aliphatic carbocycles. The molecule has 0 fully saturated rings. The first kappa shape index (κ1) is 22.4. The lowest BCUT2D eigenvalue weighted by Crippen LogP contribution is -2.39. The number of ether oxygens (including phenoxy) is 1. The van der Waals surface area contributed by atoms with Crippen molar-refractivity contribution in [1.82, 2.24) is 4.57 Å². The molecular weight excluding hydrogens is 488 g/mol. The van der Waals surface area contributed by atoms with Crippen molar-refractivity contribution in [2.45, 2.75) is 33.7 Å². The molecule has 0 amide bonds. The molecule has 4 rings (SSSR count). The number of hydrogen-bond donors (Lipinski definition) is 0. The van der Waals surface area contributed by atoms with Gasteiger partial charge in [-0.25, -0.2) is 9.79 Å². The Labute approximate surface area is 198 Å². The van der Waals surface area contributed by atoms with Crippen LogP contribution in [-0.4, -0.2) is 17.1 Å². The van der Waals surface area contributed by atoms with E-state index in [0.29, 0.717) is 20.6 Å². The topological polar surface area (TPSA) is 60.7 Å². The summed E-state index contributed by atoms with van der Waals surface area (Å²) in [6, 6.07) is 13.2. The molecule has 5 nitrogen and oxygen atoms in total. The first-order valence-electron chi connectivity index (χ1n) is 10.3. The molecule has 0 bridgehead atoms. The van der Waals surface area contributed by atoms with E-state index in [1.165, 1.54) is 11.3 Å². The van der Waals surface area contributed by atoms with E-state index in [0.717, 1.165) is 26.7 Å². The van der Waals surface area contributed by atoms with Gasteiger partial charge in [0.1, 0.15) is 0 Å². The molecule has 32 heavy (non-hydrogen) atoms. The number of carbonyl (C=O) groups excluding carboxylic acids is 1. The summed E-state index contributed by atoms with van der Waals surface area (Å²) in [6.45, 7) is 7.83. The minimum atomic E-state index is -0.585. The molecule has 164 valence electrons. The number of halogens is 1. The summed E-state index contributed by atoms with van der Waals surface area (Å²) in [5, 5.41) is 0. The van der Waals surface area contributed by atoms with Crippen LogP contribution in [0.5, 0.6) is 0 Å². The fourth-order valence-corrected chi connectivity index (χ4v) is 5.15. The largest absolute Gasteiger partial charge is 0.463 e. The Morgan fingerprint density at radius 2 is 1.91 bits per heavy atom. The number of thiazole rings is 1. The van der Waals surface area contributed by atoms with Gasteiger partial charge < -0.3 is 4.74 Å². The van der Waals surface area contributed by atoms with E-state index in [-0.39, 0.29) is 12.2 Å². The molecule has 2 heterocycles. The number of rotatable bonds is 4. The maximum absolute atomic E-state index is 13.5. The summed E-state index contributed by atoms with van der Waals surface area (Å²) < 4.78 is 8.49. The second-order valence-corrected chi connectivity index (χ2v) is 9.59. The molecule has 0 unspecified atom stereocenters. The highest BCUT2D eigenvalue weighted by molar-refractivity contribution is 9.10. The number of aromatic nitrogens is 1. The lowest BCUT2D eigenvalue weighted by atomic mass is 9.95. The first-order valence-corrected chi connectivity index (χ1v) is 11.9. The smallest absolute Gasteiger partial charge is 0.338 e. The molecular formula is C25H23BrN2O3S. The standard InChI is InChI=1S/C25H23BrN2O3S/c1-5-31-24(30)21-16(4)27-25-28(22(21)18-10-6-14(2)7-11-18)23(29)20(32-25)13-17-9-8-15(3)19(26)12-17/h6-13,22H,5H2,1-4H3/b20-13-/t22-/m0/s1. The fourth-order valence-electron chi connectivity index (χ4n) is 3.71. The van der Waals surface area contributed by atoms with E-state index in [1.54, 1.807) is 18.4 Å².